The van der Waals surface area contributed by atoms with Gasteiger partial charge < -0.3 is 5.32 Å². The molecule has 1 N–H and O–H groups in total. The molecule has 0 radical (unpaired) electrons. The lowest BCUT2D eigenvalue weighted by Crippen LogP contribution is -2.32. The maximum absolute atomic E-state index is 12.2. The third-order valence-electron chi connectivity index (χ3n) is 4.63. The molecule has 3 rings (SSSR count). The molecular formula is C16H21NO. The summed E-state index contributed by atoms with van der Waals surface area (Å²) in [6, 6.07) is 8.40. The van der Waals surface area contributed by atoms with Gasteiger partial charge in [0.2, 0.25) is 5.91 Å². The van der Waals surface area contributed by atoms with E-state index in [1.54, 1.807) is 0 Å². The molecule has 0 aliphatic heterocycles. The molecule has 2 nitrogen and oxygen atoms in total. The normalized spacial score (nSPS) is 30.7. The van der Waals surface area contributed by atoms with Gasteiger partial charge in [0.1, 0.15) is 0 Å². The van der Waals surface area contributed by atoms with E-state index >= 15 is 0 Å². The van der Waals surface area contributed by atoms with Crippen LogP contribution in [0.3, 0.4) is 0 Å². The first-order valence-electron chi connectivity index (χ1n) is 7.01. The SMILES string of the molecule is Cc1ccccc1[C@H](C)NC(=O)C1CC2CC2C1. The number of hydrogen-bond donors (Lipinski definition) is 1. The van der Waals surface area contributed by atoms with Gasteiger partial charge in [-0.25, -0.2) is 0 Å². The van der Waals surface area contributed by atoms with Gasteiger partial charge in [0, 0.05) is 5.92 Å². The Morgan fingerprint density at radius 3 is 2.56 bits per heavy atom. The zero-order valence-electron chi connectivity index (χ0n) is 11.1. The van der Waals surface area contributed by atoms with Crippen LogP contribution in [0.5, 0.6) is 0 Å². The number of fused-ring (bicyclic) bond motifs is 1. The largest absolute Gasteiger partial charge is 0.349 e. The number of carbonyl (C=O) groups is 1. The van der Waals surface area contributed by atoms with E-state index in [4.69, 9.17) is 0 Å². The molecule has 0 bridgehead atoms. The Morgan fingerprint density at radius 1 is 1.22 bits per heavy atom. The van der Waals surface area contributed by atoms with E-state index in [0.717, 1.165) is 24.7 Å². The Bertz CT molecular complexity index is 458. The number of benzene rings is 1. The summed E-state index contributed by atoms with van der Waals surface area (Å²) in [5.41, 5.74) is 2.48. The van der Waals surface area contributed by atoms with Gasteiger partial charge in [-0.3, -0.25) is 4.79 Å². The van der Waals surface area contributed by atoms with E-state index < -0.39 is 0 Å². The Labute approximate surface area is 109 Å². The summed E-state index contributed by atoms with van der Waals surface area (Å²) in [6.45, 7) is 4.18. The molecule has 0 heterocycles. The molecule has 1 aromatic rings. The molecule has 2 saturated carbocycles. The van der Waals surface area contributed by atoms with Crippen LogP contribution in [0.25, 0.3) is 0 Å². The molecule has 1 aromatic carbocycles. The van der Waals surface area contributed by atoms with Crippen molar-refractivity contribution in [2.24, 2.45) is 17.8 Å². The number of amides is 1. The van der Waals surface area contributed by atoms with Crippen molar-refractivity contribution in [3.63, 3.8) is 0 Å². The fraction of sp³-hybridized carbons (Fsp3) is 0.562. The molecule has 2 heteroatoms. The zero-order valence-corrected chi connectivity index (χ0v) is 11.1. The lowest BCUT2D eigenvalue weighted by molar-refractivity contribution is -0.125. The smallest absolute Gasteiger partial charge is 0.223 e. The topological polar surface area (TPSA) is 29.1 Å². The molecule has 18 heavy (non-hydrogen) atoms. The van der Waals surface area contributed by atoms with Crippen molar-refractivity contribution in [1.29, 1.82) is 0 Å². The molecular weight excluding hydrogens is 222 g/mol. The Hall–Kier alpha value is -1.31. The standard InChI is InChI=1S/C16H21NO/c1-10-5-3-4-6-15(10)11(2)17-16(18)14-8-12-7-13(12)9-14/h3-6,11-14H,7-9H2,1-2H3,(H,17,18)/t11-,12?,13?,14?/m0/s1. The lowest BCUT2D eigenvalue weighted by Gasteiger charge is -2.19. The van der Waals surface area contributed by atoms with E-state index in [9.17, 15) is 4.79 Å². The maximum atomic E-state index is 12.2. The molecule has 0 saturated heterocycles. The summed E-state index contributed by atoms with van der Waals surface area (Å²) in [7, 11) is 0. The van der Waals surface area contributed by atoms with Crippen LogP contribution in [-0.4, -0.2) is 5.91 Å². The fourth-order valence-electron chi connectivity index (χ4n) is 3.41. The molecule has 2 aliphatic carbocycles. The van der Waals surface area contributed by atoms with Gasteiger partial charge in [0.05, 0.1) is 6.04 Å². The van der Waals surface area contributed by atoms with Crippen LogP contribution in [0.2, 0.25) is 0 Å². The highest BCUT2D eigenvalue weighted by Crippen LogP contribution is 2.54. The Morgan fingerprint density at radius 2 is 1.89 bits per heavy atom. The van der Waals surface area contributed by atoms with Crippen LogP contribution in [0.15, 0.2) is 24.3 Å². The Balaban J connectivity index is 1.62. The van der Waals surface area contributed by atoms with Gasteiger partial charge in [-0.05, 0) is 56.1 Å². The molecule has 3 atom stereocenters. The number of aryl methyl sites for hydroxylation is 1. The molecule has 96 valence electrons. The van der Waals surface area contributed by atoms with E-state index in [-0.39, 0.29) is 17.9 Å². The van der Waals surface area contributed by atoms with E-state index in [1.165, 1.54) is 17.5 Å². The number of rotatable bonds is 3. The molecule has 2 fully saturated rings. The summed E-state index contributed by atoms with van der Waals surface area (Å²) in [5.74, 6) is 2.28. The van der Waals surface area contributed by atoms with Crippen LogP contribution in [-0.2, 0) is 4.79 Å². The highest BCUT2D eigenvalue weighted by molar-refractivity contribution is 5.79. The van der Waals surface area contributed by atoms with Crippen molar-refractivity contribution >= 4 is 5.91 Å². The minimum atomic E-state index is 0.121. The van der Waals surface area contributed by atoms with Gasteiger partial charge in [-0.15, -0.1) is 0 Å². The summed E-state index contributed by atoms with van der Waals surface area (Å²) < 4.78 is 0. The molecule has 2 unspecified atom stereocenters. The van der Waals surface area contributed by atoms with Crippen molar-refractivity contribution in [3.8, 4) is 0 Å². The monoisotopic (exact) mass is 243 g/mol. The fourth-order valence-corrected chi connectivity index (χ4v) is 3.41. The quantitative estimate of drug-likeness (QED) is 0.867. The van der Waals surface area contributed by atoms with Crippen LogP contribution >= 0.6 is 0 Å². The minimum absolute atomic E-state index is 0.121. The first-order valence-corrected chi connectivity index (χ1v) is 7.01. The number of hydrogen-bond acceptors (Lipinski definition) is 1. The third-order valence-corrected chi connectivity index (χ3v) is 4.63. The van der Waals surface area contributed by atoms with Crippen LogP contribution in [0, 0.1) is 24.7 Å². The van der Waals surface area contributed by atoms with E-state index in [2.05, 4.69) is 31.3 Å². The van der Waals surface area contributed by atoms with Crippen molar-refractivity contribution in [1.82, 2.24) is 5.32 Å². The van der Waals surface area contributed by atoms with Gasteiger partial charge in [0.15, 0.2) is 0 Å². The van der Waals surface area contributed by atoms with Crippen LogP contribution < -0.4 is 5.32 Å². The minimum Gasteiger partial charge on any atom is -0.349 e. The molecule has 0 spiro atoms. The summed E-state index contributed by atoms with van der Waals surface area (Å²) in [4.78, 5) is 12.2. The highest BCUT2D eigenvalue weighted by Gasteiger charge is 2.48. The van der Waals surface area contributed by atoms with Gasteiger partial charge in [-0.2, -0.15) is 0 Å². The van der Waals surface area contributed by atoms with Crippen LogP contribution in [0.1, 0.15) is 43.4 Å². The average molecular weight is 243 g/mol. The van der Waals surface area contributed by atoms with E-state index in [1.807, 2.05) is 12.1 Å². The Kier molecular flexibility index (Phi) is 2.89. The first-order chi connectivity index (χ1) is 8.65. The molecule has 1 amide bonds. The first kappa shape index (κ1) is 11.8. The zero-order chi connectivity index (χ0) is 12.7. The summed E-state index contributed by atoms with van der Waals surface area (Å²) >= 11 is 0. The maximum Gasteiger partial charge on any atom is 0.223 e. The second-order valence-electron chi connectivity index (χ2n) is 6.01. The van der Waals surface area contributed by atoms with Crippen molar-refractivity contribution in [2.45, 2.75) is 39.2 Å². The summed E-state index contributed by atoms with van der Waals surface area (Å²) in [5, 5.41) is 3.18. The average Bonchev–Trinajstić information content (AvgIpc) is 2.96. The van der Waals surface area contributed by atoms with E-state index in [0.29, 0.717) is 0 Å². The molecule has 2 aliphatic rings. The van der Waals surface area contributed by atoms with Crippen LogP contribution in [0.4, 0.5) is 0 Å². The van der Waals surface area contributed by atoms with Gasteiger partial charge >= 0.3 is 0 Å². The van der Waals surface area contributed by atoms with Gasteiger partial charge in [0.25, 0.3) is 0 Å². The highest BCUT2D eigenvalue weighted by atomic mass is 16.1. The van der Waals surface area contributed by atoms with Gasteiger partial charge in [-0.1, -0.05) is 24.3 Å². The lowest BCUT2D eigenvalue weighted by atomic mass is 9.99. The number of nitrogens with one attached hydrogen (secondary N) is 1. The third kappa shape index (κ3) is 2.16. The number of carbonyl (C=O) groups excluding carboxylic acids is 1. The second-order valence-corrected chi connectivity index (χ2v) is 6.01. The molecule has 0 aromatic heterocycles. The predicted octanol–water partition coefficient (Wildman–Crippen LogP) is 3.22. The second kappa shape index (κ2) is 4.42. The van der Waals surface area contributed by atoms with Crippen molar-refractivity contribution in [3.05, 3.63) is 35.4 Å². The van der Waals surface area contributed by atoms with Crippen molar-refractivity contribution in [2.75, 3.05) is 0 Å². The summed E-state index contributed by atoms with van der Waals surface area (Å²) in [6.07, 6.45) is 3.62. The van der Waals surface area contributed by atoms with Crippen molar-refractivity contribution < 1.29 is 4.79 Å². The predicted molar refractivity (Wildman–Crippen MR) is 72.1 cm³/mol.